The molecule has 4 nitrogen and oxygen atoms in total. The number of nitrogens with one attached hydrogen (secondary N) is 2. The van der Waals surface area contributed by atoms with Gasteiger partial charge in [-0.1, -0.05) is 27.7 Å². The van der Waals surface area contributed by atoms with Crippen molar-refractivity contribution in [3.05, 3.63) is 11.4 Å². The molecular weight excluding hydrogens is 248 g/mol. The second kappa shape index (κ2) is 8.77. The van der Waals surface area contributed by atoms with Gasteiger partial charge in [0, 0.05) is 25.1 Å². The maximum atomic E-state index is 4.61. The number of hydrogen-bond donors (Lipinski definition) is 2. The van der Waals surface area contributed by atoms with Gasteiger partial charge in [-0.3, -0.25) is 0 Å². The summed E-state index contributed by atoms with van der Waals surface area (Å²) in [6.07, 6.45) is 4.39. The van der Waals surface area contributed by atoms with Crippen molar-refractivity contribution >= 4 is 11.6 Å². The number of anilines is 2. The highest BCUT2D eigenvalue weighted by molar-refractivity contribution is 5.57. The predicted molar refractivity (Wildman–Crippen MR) is 87.5 cm³/mol. The van der Waals surface area contributed by atoms with Crippen LogP contribution in [0.15, 0.2) is 0 Å². The third kappa shape index (κ3) is 5.35. The Labute approximate surface area is 123 Å². The van der Waals surface area contributed by atoms with Gasteiger partial charge in [-0.2, -0.15) is 0 Å². The minimum absolute atomic E-state index is 0.760. The lowest BCUT2D eigenvalue weighted by molar-refractivity contribution is 0.566. The van der Waals surface area contributed by atoms with Crippen LogP contribution in [0.3, 0.4) is 0 Å². The first-order valence-corrected chi connectivity index (χ1v) is 7.93. The molecule has 0 radical (unpaired) electrons. The molecule has 0 aliphatic rings. The summed E-state index contributed by atoms with van der Waals surface area (Å²) in [7, 11) is 0. The molecule has 0 spiro atoms. The van der Waals surface area contributed by atoms with Gasteiger partial charge >= 0.3 is 0 Å². The number of aromatic nitrogens is 2. The van der Waals surface area contributed by atoms with Crippen LogP contribution in [-0.2, 0) is 6.42 Å². The van der Waals surface area contributed by atoms with Crippen LogP contribution in [0.25, 0.3) is 0 Å². The molecule has 0 bridgehead atoms. The van der Waals surface area contributed by atoms with E-state index in [9.17, 15) is 0 Å². The van der Waals surface area contributed by atoms with Gasteiger partial charge in [-0.15, -0.1) is 0 Å². The molecule has 2 N–H and O–H groups in total. The summed E-state index contributed by atoms with van der Waals surface area (Å²) in [6, 6.07) is 0. The van der Waals surface area contributed by atoms with Crippen LogP contribution in [0.4, 0.5) is 11.6 Å². The number of rotatable bonds is 9. The van der Waals surface area contributed by atoms with Crippen LogP contribution < -0.4 is 10.6 Å². The Bertz CT molecular complexity index is 402. The molecule has 0 saturated heterocycles. The quantitative estimate of drug-likeness (QED) is 0.670. The largest absolute Gasteiger partial charge is 0.370 e. The van der Waals surface area contributed by atoms with Gasteiger partial charge in [0.1, 0.15) is 17.5 Å². The van der Waals surface area contributed by atoms with Gasteiger partial charge < -0.3 is 10.6 Å². The summed E-state index contributed by atoms with van der Waals surface area (Å²) in [6.45, 7) is 12.8. The molecule has 0 unspecified atom stereocenters. The Morgan fingerprint density at radius 3 is 2.10 bits per heavy atom. The normalized spacial score (nSPS) is 10.9. The Kier molecular flexibility index (Phi) is 7.34. The average molecular weight is 278 g/mol. The zero-order valence-corrected chi connectivity index (χ0v) is 13.7. The molecule has 1 rings (SSSR count). The molecule has 0 aliphatic carbocycles. The van der Waals surface area contributed by atoms with Gasteiger partial charge in [0.25, 0.3) is 0 Å². The molecule has 4 heteroatoms. The molecule has 0 fully saturated rings. The minimum Gasteiger partial charge on any atom is -0.370 e. The van der Waals surface area contributed by atoms with Gasteiger partial charge in [0.2, 0.25) is 0 Å². The smallest absolute Gasteiger partial charge is 0.134 e. The fourth-order valence-corrected chi connectivity index (χ4v) is 2.03. The molecule has 0 atom stereocenters. The Morgan fingerprint density at radius 1 is 1.00 bits per heavy atom. The summed E-state index contributed by atoms with van der Waals surface area (Å²) >= 11 is 0. The van der Waals surface area contributed by atoms with Gasteiger partial charge in [0.05, 0.1) is 0 Å². The first-order valence-electron chi connectivity index (χ1n) is 7.93. The number of hydrogen-bond acceptors (Lipinski definition) is 4. The lowest BCUT2D eigenvalue weighted by Gasteiger charge is -2.15. The highest BCUT2D eigenvalue weighted by Gasteiger charge is 2.09. The molecule has 0 amide bonds. The molecule has 1 heterocycles. The van der Waals surface area contributed by atoms with E-state index in [0.29, 0.717) is 0 Å². The first-order chi connectivity index (χ1) is 9.58. The number of nitrogens with zero attached hydrogens (tertiary/aromatic N) is 2. The summed E-state index contributed by atoms with van der Waals surface area (Å²) in [5, 5.41) is 6.86. The average Bonchev–Trinajstić information content (AvgIpc) is 2.43. The van der Waals surface area contributed by atoms with E-state index in [-0.39, 0.29) is 0 Å². The van der Waals surface area contributed by atoms with Gasteiger partial charge in [-0.05, 0) is 32.1 Å². The van der Waals surface area contributed by atoms with Crippen LogP contribution >= 0.6 is 0 Å². The Hall–Kier alpha value is -1.32. The van der Waals surface area contributed by atoms with E-state index >= 15 is 0 Å². The van der Waals surface area contributed by atoms with Crippen LogP contribution in [0.5, 0.6) is 0 Å². The minimum atomic E-state index is 0.760. The summed E-state index contributed by atoms with van der Waals surface area (Å²) in [5.74, 6) is 3.63. The highest BCUT2D eigenvalue weighted by Crippen LogP contribution is 2.20. The lowest BCUT2D eigenvalue weighted by atomic mass is 10.1. The first kappa shape index (κ1) is 16.7. The zero-order valence-electron chi connectivity index (χ0n) is 13.7. The van der Waals surface area contributed by atoms with Crippen LogP contribution in [0.1, 0.15) is 58.3 Å². The van der Waals surface area contributed by atoms with Crippen molar-refractivity contribution in [2.45, 2.75) is 60.3 Å². The van der Waals surface area contributed by atoms with Gasteiger partial charge in [-0.25, -0.2) is 9.97 Å². The maximum Gasteiger partial charge on any atom is 0.134 e. The molecule has 20 heavy (non-hydrogen) atoms. The molecule has 0 aromatic carbocycles. The van der Waals surface area contributed by atoms with Gasteiger partial charge in [0.15, 0.2) is 0 Å². The Morgan fingerprint density at radius 2 is 1.60 bits per heavy atom. The topological polar surface area (TPSA) is 49.8 Å². The fourth-order valence-electron chi connectivity index (χ4n) is 2.03. The third-order valence-corrected chi connectivity index (χ3v) is 3.30. The molecular formula is C16H30N4. The van der Waals surface area contributed by atoms with E-state index in [4.69, 9.17) is 0 Å². The monoisotopic (exact) mass is 278 g/mol. The molecule has 0 aliphatic heterocycles. The second-order valence-electron chi connectivity index (χ2n) is 5.71. The lowest BCUT2D eigenvalue weighted by Crippen LogP contribution is -2.12. The SMILES string of the molecule is CCCNc1nc(CC)nc(NCCCC(C)C)c1C. The standard InChI is InChI=1S/C16H30N4/c1-6-10-17-15-13(5)16(20-14(7-2)19-15)18-11-8-9-12(3)4/h12H,6-11H2,1-5H3,(H2,17,18,19,20). The van der Waals surface area contributed by atoms with E-state index in [2.05, 4.69) is 55.2 Å². The van der Waals surface area contributed by atoms with E-state index in [0.717, 1.165) is 54.9 Å². The molecule has 114 valence electrons. The third-order valence-electron chi connectivity index (χ3n) is 3.30. The summed E-state index contributed by atoms with van der Waals surface area (Å²) < 4.78 is 0. The molecule has 1 aromatic rings. The number of aryl methyl sites for hydroxylation is 1. The molecule has 1 aromatic heterocycles. The zero-order chi connectivity index (χ0) is 15.0. The van der Waals surface area contributed by atoms with Crippen LogP contribution in [-0.4, -0.2) is 23.1 Å². The summed E-state index contributed by atoms with van der Waals surface area (Å²) in [5.41, 5.74) is 1.13. The molecule has 0 saturated carbocycles. The van der Waals surface area contributed by atoms with Crippen molar-refractivity contribution in [1.82, 2.24) is 9.97 Å². The van der Waals surface area contributed by atoms with E-state index in [1.165, 1.54) is 12.8 Å². The second-order valence-corrected chi connectivity index (χ2v) is 5.71. The van der Waals surface area contributed by atoms with Crippen molar-refractivity contribution in [2.75, 3.05) is 23.7 Å². The van der Waals surface area contributed by atoms with E-state index in [1.807, 2.05) is 0 Å². The Balaban J connectivity index is 2.72. The van der Waals surface area contributed by atoms with E-state index < -0.39 is 0 Å². The highest BCUT2D eigenvalue weighted by atomic mass is 15.1. The maximum absolute atomic E-state index is 4.61. The van der Waals surface area contributed by atoms with Crippen LogP contribution in [0.2, 0.25) is 0 Å². The van der Waals surface area contributed by atoms with Crippen molar-refractivity contribution in [3.8, 4) is 0 Å². The van der Waals surface area contributed by atoms with Crippen molar-refractivity contribution in [2.24, 2.45) is 5.92 Å². The summed E-state index contributed by atoms with van der Waals surface area (Å²) in [4.78, 5) is 9.20. The van der Waals surface area contributed by atoms with E-state index in [1.54, 1.807) is 0 Å². The van der Waals surface area contributed by atoms with Crippen molar-refractivity contribution < 1.29 is 0 Å². The predicted octanol–water partition coefficient (Wildman–Crippen LogP) is 4.02. The van der Waals surface area contributed by atoms with Crippen molar-refractivity contribution in [1.29, 1.82) is 0 Å². The van der Waals surface area contributed by atoms with Crippen LogP contribution in [0, 0.1) is 12.8 Å². The fraction of sp³-hybridized carbons (Fsp3) is 0.750. The van der Waals surface area contributed by atoms with Crippen molar-refractivity contribution in [3.63, 3.8) is 0 Å².